The molecule has 0 saturated heterocycles. The van der Waals surface area contributed by atoms with Gasteiger partial charge in [-0.1, -0.05) is 12.1 Å². The molecule has 1 aromatic rings. The van der Waals surface area contributed by atoms with Gasteiger partial charge in [0.15, 0.2) is 0 Å². The quantitative estimate of drug-likeness (QED) is 0.658. The average molecular weight is 238 g/mol. The number of ether oxygens (including phenoxy) is 1. The molecule has 0 fully saturated rings. The zero-order valence-corrected chi connectivity index (χ0v) is 9.85. The Morgan fingerprint density at radius 1 is 1.47 bits per heavy atom. The number of aliphatic hydroxyl groups excluding tert-OH is 1. The fourth-order valence-corrected chi connectivity index (χ4v) is 1.42. The Labute approximate surface area is 101 Å². The molecule has 4 N–H and O–H groups in total. The summed E-state index contributed by atoms with van der Waals surface area (Å²) in [5.74, 6) is -0.259. The molecule has 17 heavy (non-hydrogen) atoms. The second-order valence-electron chi connectivity index (χ2n) is 3.62. The van der Waals surface area contributed by atoms with Crippen LogP contribution in [0.25, 0.3) is 0 Å². The van der Waals surface area contributed by atoms with Crippen LogP contribution in [0.5, 0.6) is 0 Å². The van der Waals surface area contributed by atoms with Crippen LogP contribution in [0, 0.1) is 0 Å². The minimum atomic E-state index is -0.632. The van der Waals surface area contributed by atoms with Gasteiger partial charge < -0.3 is 20.9 Å². The Kier molecular flexibility index (Phi) is 5.62. The second-order valence-corrected chi connectivity index (χ2v) is 3.62. The summed E-state index contributed by atoms with van der Waals surface area (Å²) in [4.78, 5) is 11.6. The monoisotopic (exact) mass is 238 g/mol. The number of aliphatic hydroxyl groups is 1. The van der Waals surface area contributed by atoms with Crippen LogP contribution in [0.3, 0.4) is 0 Å². The molecule has 1 rings (SSSR count). The van der Waals surface area contributed by atoms with Crippen LogP contribution in [0.15, 0.2) is 24.3 Å². The molecule has 5 heteroatoms. The smallest absolute Gasteiger partial charge is 0.254 e. The number of methoxy groups -OCH3 is 1. The third-order valence-corrected chi connectivity index (χ3v) is 2.41. The van der Waals surface area contributed by atoms with E-state index in [1.165, 1.54) is 7.11 Å². The first-order valence-electron chi connectivity index (χ1n) is 5.44. The Morgan fingerprint density at radius 2 is 2.12 bits per heavy atom. The second kappa shape index (κ2) is 7.01. The number of nitrogens with one attached hydrogen (secondary N) is 1. The summed E-state index contributed by atoms with van der Waals surface area (Å²) in [6.45, 7) is 0.259. The van der Waals surface area contributed by atoms with Crippen molar-refractivity contribution in [3.05, 3.63) is 29.8 Å². The molecule has 0 heterocycles. The number of carbonyl (C=O) groups excluding carboxylic acids is 1. The summed E-state index contributed by atoms with van der Waals surface area (Å²) in [5, 5.41) is 11.5. The summed E-state index contributed by atoms with van der Waals surface area (Å²) in [6.07, 6.45) is -0.0234. The molecule has 0 bridgehead atoms. The topological polar surface area (TPSA) is 84.6 Å². The van der Waals surface area contributed by atoms with Crippen molar-refractivity contribution in [2.24, 2.45) is 5.73 Å². The highest BCUT2D eigenvalue weighted by atomic mass is 16.5. The van der Waals surface area contributed by atoms with E-state index in [0.717, 1.165) is 5.56 Å². The fraction of sp³-hybridized carbons (Fsp3) is 0.417. The Hall–Kier alpha value is -1.43. The van der Waals surface area contributed by atoms with Gasteiger partial charge in [0.05, 0.1) is 0 Å². The first kappa shape index (κ1) is 13.6. The van der Waals surface area contributed by atoms with Gasteiger partial charge in [0.25, 0.3) is 5.91 Å². The number of anilines is 1. The average Bonchev–Trinajstić information content (AvgIpc) is 2.33. The first-order valence-corrected chi connectivity index (χ1v) is 5.44. The van der Waals surface area contributed by atoms with Gasteiger partial charge in [0.1, 0.15) is 6.10 Å². The molecular weight excluding hydrogens is 220 g/mol. The van der Waals surface area contributed by atoms with Gasteiger partial charge >= 0.3 is 0 Å². The van der Waals surface area contributed by atoms with Crippen molar-refractivity contribution in [2.75, 3.05) is 25.6 Å². The third-order valence-electron chi connectivity index (χ3n) is 2.41. The maximum Gasteiger partial charge on any atom is 0.254 e. The van der Waals surface area contributed by atoms with Crippen LogP contribution in [0.4, 0.5) is 5.69 Å². The summed E-state index contributed by atoms with van der Waals surface area (Å²) in [6, 6.07) is 7.28. The van der Waals surface area contributed by atoms with E-state index in [1.54, 1.807) is 12.1 Å². The maximum atomic E-state index is 11.6. The molecule has 0 aliphatic heterocycles. The van der Waals surface area contributed by atoms with E-state index < -0.39 is 6.10 Å². The number of nitrogens with two attached hydrogens (primary N) is 1. The highest BCUT2D eigenvalue weighted by Crippen LogP contribution is 2.10. The minimum Gasteiger partial charge on any atom is -0.396 e. The lowest BCUT2D eigenvalue weighted by Crippen LogP contribution is -2.35. The van der Waals surface area contributed by atoms with Gasteiger partial charge in [-0.15, -0.1) is 0 Å². The van der Waals surface area contributed by atoms with Crippen molar-refractivity contribution in [1.82, 2.24) is 0 Å². The zero-order valence-electron chi connectivity index (χ0n) is 9.85. The van der Waals surface area contributed by atoms with Crippen molar-refractivity contribution in [3.63, 3.8) is 0 Å². The van der Waals surface area contributed by atoms with Crippen LogP contribution in [0.1, 0.15) is 5.56 Å². The van der Waals surface area contributed by atoms with Gasteiger partial charge in [-0.25, -0.2) is 0 Å². The summed E-state index contributed by atoms with van der Waals surface area (Å²) in [7, 11) is 1.45. The molecule has 1 amide bonds. The van der Waals surface area contributed by atoms with E-state index in [-0.39, 0.29) is 19.1 Å². The predicted molar refractivity (Wildman–Crippen MR) is 65.7 cm³/mol. The van der Waals surface area contributed by atoms with E-state index in [4.69, 9.17) is 15.6 Å². The van der Waals surface area contributed by atoms with Crippen LogP contribution in [-0.2, 0) is 16.0 Å². The molecule has 0 saturated carbocycles. The number of rotatable bonds is 6. The van der Waals surface area contributed by atoms with Gasteiger partial charge in [0.2, 0.25) is 0 Å². The summed E-state index contributed by atoms with van der Waals surface area (Å²) in [5.41, 5.74) is 7.10. The fourth-order valence-electron chi connectivity index (χ4n) is 1.42. The standard InChI is InChI=1S/C12H18N2O3/c1-17-11(8-13)12(16)14-10-4-2-9(3-5-10)6-7-15/h2-5,11,15H,6-8,13H2,1H3,(H,14,16). The van der Waals surface area contributed by atoms with Crippen molar-refractivity contribution in [1.29, 1.82) is 0 Å². The van der Waals surface area contributed by atoms with Gasteiger partial charge in [-0.3, -0.25) is 4.79 Å². The highest BCUT2D eigenvalue weighted by Gasteiger charge is 2.15. The molecule has 1 aromatic carbocycles. The summed E-state index contributed by atoms with van der Waals surface area (Å²) >= 11 is 0. The zero-order chi connectivity index (χ0) is 12.7. The molecule has 0 aromatic heterocycles. The number of hydrogen-bond acceptors (Lipinski definition) is 4. The lowest BCUT2D eigenvalue weighted by molar-refractivity contribution is -0.125. The Morgan fingerprint density at radius 3 is 2.59 bits per heavy atom. The van der Waals surface area contributed by atoms with E-state index >= 15 is 0 Å². The number of benzene rings is 1. The highest BCUT2D eigenvalue weighted by molar-refractivity contribution is 5.94. The molecule has 94 valence electrons. The predicted octanol–water partition coefficient (Wildman–Crippen LogP) is 0.134. The van der Waals surface area contributed by atoms with Crippen molar-refractivity contribution >= 4 is 11.6 Å². The molecule has 0 aliphatic carbocycles. The SMILES string of the molecule is COC(CN)C(=O)Nc1ccc(CCO)cc1. The molecule has 5 nitrogen and oxygen atoms in total. The van der Waals surface area contributed by atoms with E-state index in [2.05, 4.69) is 5.32 Å². The normalized spacial score (nSPS) is 12.2. The van der Waals surface area contributed by atoms with Gasteiger partial charge in [-0.05, 0) is 24.1 Å². The van der Waals surface area contributed by atoms with Crippen LogP contribution < -0.4 is 11.1 Å². The Bertz CT molecular complexity index is 347. The lowest BCUT2D eigenvalue weighted by atomic mass is 10.1. The number of hydrogen-bond donors (Lipinski definition) is 3. The molecule has 1 atom stereocenters. The molecule has 0 radical (unpaired) electrons. The van der Waals surface area contributed by atoms with Gasteiger partial charge in [0, 0.05) is 25.9 Å². The van der Waals surface area contributed by atoms with Crippen LogP contribution >= 0.6 is 0 Å². The molecule has 1 unspecified atom stereocenters. The van der Waals surface area contributed by atoms with Gasteiger partial charge in [-0.2, -0.15) is 0 Å². The van der Waals surface area contributed by atoms with Crippen molar-refractivity contribution in [3.8, 4) is 0 Å². The van der Waals surface area contributed by atoms with Crippen LogP contribution in [0.2, 0.25) is 0 Å². The minimum absolute atomic E-state index is 0.116. The molecule has 0 spiro atoms. The molecule has 0 aliphatic rings. The van der Waals surface area contributed by atoms with E-state index in [0.29, 0.717) is 12.1 Å². The maximum absolute atomic E-state index is 11.6. The third kappa shape index (κ3) is 4.14. The van der Waals surface area contributed by atoms with Crippen LogP contribution in [-0.4, -0.2) is 37.4 Å². The van der Waals surface area contributed by atoms with E-state index in [9.17, 15) is 4.79 Å². The van der Waals surface area contributed by atoms with Crippen molar-refractivity contribution < 1.29 is 14.6 Å². The number of amides is 1. The lowest BCUT2D eigenvalue weighted by Gasteiger charge is -2.13. The molecular formula is C12H18N2O3. The first-order chi connectivity index (χ1) is 8.21. The summed E-state index contributed by atoms with van der Waals surface area (Å²) < 4.78 is 4.93. The Balaban J connectivity index is 2.59. The van der Waals surface area contributed by atoms with Crippen molar-refractivity contribution in [2.45, 2.75) is 12.5 Å². The number of carbonyl (C=O) groups is 1. The largest absolute Gasteiger partial charge is 0.396 e. The van der Waals surface area contributed by atoms with E-state index in [1.807, 2.05) is 12.1 Å².